The number of amides is 3. The molecule has 0 aliphatic carbocycles. The number of ether oxygens (including phenoxy) is 1. The molecule has 4 rings (SSSR count). The summed E-state index contributed by atoms with van der Waals surface area (Å²) in [4.78, 5) is 61.2. The molecule has 2 aromatic carbocycles. The molecule has 0 aliphatic rings. The van der Waals surface area contributed by atoms with Crippen LogP contribution in [-0.2, 0) is 26.2 Å². The van der Waals surface area contributed by atoms with Crippen LogP contribution in [0.15, 0.2) is 73.1 Å². The lowest BCUT2D eigenvalue weighted by Gasteiger charge is -2.21. The van der Waals surface area contributed by atoms with E-state index in [0.717, 1.165) is 33.7 Å². The van der Waals surface area contributed by atoms with Gasteiger partial charge in [0.1, 0.15) is 17.8 Å². The van der Waals surface area contributed by atoms with Crippen molar-refractivity contribution in [2.24, 2.45) is 0 Å². The Bertz CT molecular complexity index is 1780. The Morgan fingerprint density at radius 1 is 0.808 bits per heavy atom. The predicted octanol–water partition coefficient (Wildman–Crippen LogP) is 6.57. The van der Waals surface area contributed by atoms with Gasteiger partial charge in [-0.25, -0.2) is 14.8 Å². The van der Waals surface area contributed by atoms with Gasteiger partial charge in [-0.05, 0) is 47.2 Å². The molecule has 276 valence electrons. The zero-order chi connectivity index (χ0) is 37.7. The van der Waals surface area contributed by atoms with Gasteiger partial charge in [0.25, 0.3) is 5.91 Å². The first-order valence-electron chi connectivity index (χ1n) is 17.7. The monoisotopic (exact) mass is 727 g/mol. The Balaban J connectivity index is 1.44. The third kappa shape index (κ3) is 11.7. The van der Waals surface area contributed by atoms with Crippen LogP contribution in [0.4, 0.5) is 0 Å². The molecule has 11 nitrogen and oxygen atoms in total. The second-order valence-electron chi connectivity index (χ2n) is 13.7. The Labute approximate surface area is 309 Å². The Morgan fingerprint density at radius 2 is 1.46 bits per heavy atom. The van der Waals surface area contributed by atoms with Crippen molar-refractivity contribution in [2.75, 3.05) is 13.7 Å². The van der Waals surface area contributed by atoms with E-state index in [1.165, 1.54) is 44.1 Å². The molecule has 12 heteroatoms. The van der Waals surface area contributed by atoms with Crippen molar-refractivity contribution >= 4 is 35.0 Å². The van der Waals surface area contributed by atoms with Crippen molar-refractivity contribution in [1.29, 1.82) is 0 Å². The maximum atomic E-state index is 13.5. The number of nitrogens with one attached hydrogen (secondary N) is 3. The van der Waals surface area contributed by atoms with Gasteiger partial charge in [-0.15, -0.1) is 11.3 Å². The molecule has 0 aliphatic heterocycles. The SMILES string of the molecule is CCCCCCCOc1ccc(-c2cnc(-c3ccc(CC(NC(=O)c4ccc(C(C)(C)C)s4)C(=O)NC(CC(=O)NC)C(=O)O)cc3)nc2)cc1. The molecule has 3 amide bonds. The first-order chi connectivity index (χ1) is 24.9. The highest BCUT2D eigenvalue weighted by molar-refractivity contribution is 7.14. The zero-order valence-corrected chi connectivity index (χ0v) is 31.3. The lowest BCUT2D eigenvalue weighted by molar-refractivity contribution is -0.143. The van der Waals surface area contributed by atoms with Gasteiger partial charge in [-0.1, -0.05) is 89.8 Å². The normalized spacial score (nSPS) is 12.4. The van der Waals surface area contributed by atoms with Crippen molar-refractivity contribution in [3.8, 4) is 28.3 Å². The number of carbonyl (C=O) groups excluding carboxylic acids is 3. The average Bonchev–Trinajstić information content (AvgIpc) is 3.65. The summed E-state index contributed by atoms with van der Waals surface area (Å²) in [6.07, 6.45) is 9.11. The van der Waals surface area contributed by atoms with Crippen molar-refractivity contribution in [1.82, 2.24) is 25.9 Å². The summed E-state index contributed by atoms with van der Waals surface area (Å²) in [5, 5.41) is 17.2. The van der Waals surface area contributed by atoms with Crippen molar-refractivity contribution < 1.29 is 29.0 Å². The Morgan fingerprint density at radius 3 is 2.06 bits per heavy atom. The van der Waals surface area contributed by atoms with Crippen LogP contribution in [0.25, 0.3) is 22.5 Å². The average molecular weight is 728 g/mol. The molecule has 4 N–H and O–H groups in total. The third-order valence-corrected chi connectivity index (χ3v) is 9.99. The van der Waals surface area contributed by atoms with E-state index in [0.29, 0.717) is 22.9 Å². The Hall–Kier alpha value is -5.10. The van der Waals surface area contributed by atoms with E-state index in [1.807, 2.05) is 75.4 Å². The van der Waals surface area contributed by atoms with E-state index < -0.39 is 42.2 Å². The van der Waals surface area contributed by atoms with Crippen LogP contribution in [-0.4, -0.2) is 64.5 Å². The second kappa shape index (κ2) is 18.9. The molecular formula is C40H49N5O6S. The van der Waals surface area contributed by atoms with Crippen molar-refractivity contribution in [3.63, 3.8) is 0 Å². The molecule has 52 heavy (non-hydrogen) atoms. The van der Waals surface area contributed by atoms with Gasteiger partial charge in [0.15, 0.2) is 5.82 Å². The molecule has 0 saturated heterocycles. The number of thiophene rings is 1. The molecular weight excluding hydrogens is 679 g/mol. The molecule has 0 fully saturated rings. The summed E-state index contributed by atoms with van der Waals surface area (Å²) in [7, 11) is 1.38. The molecule has 0 bridgehead atoms. The quantitative estimate of drug-likeness (QED) is 0.0839. The number of aromatic nitrogens is 2. The Kier molecular flexibility index (Phi) is 14.5. The molecule has 0 spiro atoms. The maximum Gasteiger partial charge on any atom is 0.326 e. The first kappa shape index (κ1) is 39.7. The topological polar surface area (TPSA) is 160 Å². The van der Waals surface area contributed by atoms with Gasteiger partial charge >= 0.3 is 5.97 Å². The fourth-order valence-electron chi connectivity index (χ4n) is 5.35. The molecule has 2 unspecified atom stereocenters. The number of aliphatic carboxylic acids is 1. The smallest absolute Gasteiger partial charge is 0.326 e. The van der Waals surface area contributed by atoms with E-state index in [4.69, 9.17) is 4.74 Å². The highest BCUT2D eigenvalue weighted by atomic mass is 32.1. The van der Waals surface area contributed by atoms with Crippen LogP contribution in [0.5, 0.6) is 5.75 Å². The van der Waals surface area contributed by atoms with Gasteiger partial charge in [0.05, 0.1) is 17.9 Å². The summed E-state index contributed by atoms with van der Waals surface area (Å²) >= 11 is 1.33. The third-order valence-electron chi connectivity index (χ3n) is 8.48. The second-order valence-corrected chi connectivity index (χ2v) is 14.8. The van der Waals surface area contributed by atoms with Gasteiger partial charge in [-0.2, -0.15) is 0 Å². The fourth-order valence-corrected chi connectivity index (χ4v) is 6.32. The number of carbonyl (C=O) groups is 4. The summed E-state index contributed by atoms with van der Waals surface area (Å²) < 4.78 is 5.88. The van der Waals surface area contributed by atoms with Crippen LogP contribution in [0.3, 0.4) is 0 Å². The van der Waals surface area contributed by atoms with Crippen LogP contribution < -0.4 is 20.7 Å². The fraction of sp³-hybridized carbons (Fsp3) is 0.400. The summed E-state index contributed by atoms with van der Waals surface area (Å²) in [6.45, 7) is 9.05. The van der Waals surface area contributed by atoms with Gasteiger partial charge in [0.2, 0.25) is 11.8 Å². The van der Waals surface area contributed by atoms with Gasteiger partial charge in [0, 0.05) is 41.9 Å². The molecule has 2 atom stereocenters. The lowest BCUT2D eigenvalue weighted by atomic mass is 9.95. The van der Waals surface area contributed by atoms with Gasteiger partial charge in [-0.3, -0.25) is 14.4 Å². The molecule has 2 heterocycles. The van der Waals surface area contributed by atoms with E-state index in [1.54, 1.807) is 18.5 Å². The lowest BCUT2D eigenvalue weighted by Crippen LogP contribution is -2.53. The van der Waals surface area contributed by atoms with E-state index >= 15 is 0 Å². The minimum Gasteiger partial charge on any atom is -0.494 e. The summed E-state index contributed by atoms with van der Waals surface area (Å²) in [6, 6.07) is 16.2. The number of nitrogens with zero attached hydrogens (tertiary/aromatic N) is 2. The van der Waals surface area contributed by atoms with Crippen LogP contribution in [0.1, 0.15) is 86.3 Å². The maximum absolute atomic E-state index is 13.5. The number of carboxylic acids is 1. The largest absolute Gasteiger partial charge is 0.494 e. The van der Waals surface area contributed by atoms with Crippen molar-refractivity contribution in [3.05, 3.63) is 88.4 Å². The summed E-state index contributed by atoms with van der Waals surface area (Å²) in [5.74, 6) is -1.72. The highest BCUT2D eigenvalue weighted by Gasteiger charge is 2.29. The molecule has 0 saturated carbocycles. The van der Waals surface area contributed by atoms with Crippen LogP contribution in [0, 0.1) is 0 Å². The van der Waals surface area contributed by atoms with Crippen molar-refractivity contribution in [2.45, 2.75) is 90.1 Å². The van der Waals surface area contributed by atoms with E-state index in [9.17, 15) is 24.3 Å². The number of benzene rings is 2. The zero-order valence-electron chi connectivity index (χ0n) is 30.5. The van der Waals surface area contributed by atoms with Gasteiger partial charge < -0.3 is 25.8 Å². The minimum atomic E-state index is -1.47. The first-order valence-corrected chi connectivity index (χ1v) is 18.5. The predicted molar refractivity (Wildman–Crippen MR) is 203 cm³/mol. The van der Waals surface area contributed by atoms with Crippen LogP contribution >= 0.6 is 11.3 Å². The molecule has 2 aromatic heterocycles. The highest BCUT2D eigenvalue weighted by Crippen LogP contribution is 2.29. The number of hydrogen-bond acceptors (Lipinski definition) is 8. The summed E-state index contributed by atoms with van der Waals surface area (Å²) in [5.41, 5.74) is 3.15. The van der Waals surface area contributed by atoms with E-state index in [-0.39, 0.29) is 11.8 Å². The minimum absolute atomic E-state index is 0.0695. The number of unbranched alkanes of at least 4 members (excludes halogenated alkanes) is 4. The molecule has 4 aromatic rings. The van der Waals surface area contributed by atoms with Crippen LogP contribution in [0.2, 0.25) is 0 Å². The number of hydrogen-bond donors (Lipinski definition) is 4. The molecule has 0 radical (unpaired) electrons. The standard InChI is InChI=1S/C40H49N5O6S/c1-6-7-8-9-10-21-51-30-17-15-27(16-18-30)29-24-42-36(43-25-29)28-13-11-26(12-14-28)22-31(37(47)45-32(39(49)50)23-35(46)41-5)44-38(48)33-19-20-34(52-33)40(2,3)4/h11-20,24-25,31-32H,6-10,21-23H2,1-5H3,(H,41,46)(H,44,48)(H,45,47)(H,49,50). The number of carboxylic acid groups (broad SMARTS) is 1. The number of rotatable bonds is 18. The van der Waals surface area contributed by atoms with E-state index in [2.05, 4.69) is 32.8 Å².